The number of hydrogen-bond acceptors (Lipinski definition) is 6. The van der Waals surface area contributed by atoms with Gasteiger partial charge in [0.25, 0.3) is 0 Å². The number of esters is 2. The van der Waals surface area contributed by atoms with E-state index in [0.29, 0.717) is 38.6 Å². The molecule has 0 heterocycles. The fourth-order valence-electron chi connectivity index (χ4n) is 3.47. The van der Waals surface area contributed by atoms with E-state index in [1.165, 1.54) is 14.2 Å². The normalized spacial score (nSPS) is 12.9. The summed E-state index contributed by atoms with van der Waals surface area (Å²) in [5.74, 6) is -1.87. The summed E-state index contributed by atoms with van der Waals surface area (Å²) in [6, 6.07) is -0.839. The maximum absolute atomic E-state index is 12.0. The van der Waals surface area contributed by atoms with Crippen molar-refractivity contribution < 1.29 is 28.7 Å². The first-order chi connectivity index (χ1) is 20.4. The van der Waals surface area contributed by atoms with E-state index in [4.69, 9.17) is 4.74 Å². The van der Waals surface area contributed by atoms with Gasteiger partial charge in [0.15, 0.2) is 0 Å². The highest BCUT2D eigenvalue weighted by molar-refractivity contribution is 5.96. The number of hydrogen-bond donors (Lipinski definition) is 2. The van der Waals surface area contributed by atoms with Gasteiger partial charge in [0.2, 0.25) is 11.8 Å². The fourth-order valence-corrected chi connectivity index (χ4v) is 3.47. The van der Waals surface area contributed by atoms with Crippen LogP contribution in [0.1, 0.15) is 77.6 Å². The van der Waals surface area contributed by atoms with Crippen molar-refractivity contribution in [2.75, 3.05) is 20.8 Å². The molecule has 2 N–H and O–H groups in total. The van der Waals surface area contributed by atoms with E-state index in [9.17, 15) is 19.2 Å². The molecule has 0 aliphatic heterocycles. The number of methoxy groups -OCH3 is 2. The van der Waals surface area contributed by atoms with Crippen molar-refractivity contribution in [1.82, 2.24) is 10.6 Å². The van der Waals surface area contributed by atoms with Crippen molar-refractivity contribution in [2.45, 2.75) is 83.6 Å². The Morgan fingerprint density at radius 3 is 1.69 bits per heavy atom. The molecule has 42 heavy (non-hydrogen) atoms. The molecule has 0 fully saturated rings. The largest absolute Gasteiger partial charge is 0.467 e. The summed E-state index contributed by atoms with van der Waals surface area (Å²) in [5, 5.41) is 5.37. The third-order valence-corrected chi connectivity index (χ3v) is 5.75. The minimum atomic E-state index is -0.839. The van der Waals surface area contributed by atoms with E-state index in [2.05, 4.69) is 89.1 Å². The lowest BCUT2D eigenvalue weighted by Crippen LogP contribution is -2.41. The minimum Gasteiger partial charge on any atom is -0.467 e. The van der Waals surface area contributed by atoms with Crippen molar-refractivity contribution in [2.24, 2.45) is 0 Å². The van der Waals surface area contributed by atoms with Gasteiger partial charge >= 0.3 is 11.9 Å². The number of carbonyl (C=O) groups is 4. The van der Waals surface area contributed by atoms with Crippen LogP contribution in [0.15, 0.2) is 85.1 Å². The maximum Gasteiger partial charge on any atom is 0.330 e. The average Bonchev–Trinajstić information content (AvgIpc) is 2.99. The standard InChI is InChI=1S/C34H50N2O6/c1-4-5-6-7-8-9-10-11-12-13-14-15-16-17-18-19-20-21-22-26-31(37)35-29-24-23-25-30(34(40)42-3)36-32(38)27-28-33(39)41-2/h5-6,8-9,11-12,14-15,17-18,20-21,27-28,30H,4,7,10,13,16,19,22-26,29H2,1-3H3,(H,35,37)(H,36,38). The van der Waals surface area contributed by atoms with Gasteiger partial charge in [0.05, 0.1) is 14.2 Å². The number of allylic oxidation sites excluding steroid dienone is 12. The van der Waals surface area contributed by atoms with Crippen LogP contribution >= 0.6 is 0 Å². The highest BCUT2D eigenvalue weighted by Gasteiger charge is 2.20. The quantitative estimate of drug-likeness (QED) is 0.0648. The van der Waals surface area contributed by atoms with Crippen LogP contribution in [-0.4, -0.2) is 50.6 Å². The number of carbonyl (C=O) groups excluding carboxylic acids is 4. The molecule has 0 aromatic heterocycles. The van der Waals surface area contributed by atoms with Gasteiger partial charge in [-0.2, -0.15) is 0 Å². The first kappa shape index (κ1) is 38.1. The highest BCUT2D eigenvalue weighted by Crippen LogP contribution is 2.04. The molecule has 0 radical (unpaired) electrons. The molecule has 0 bridgehead atoms. The molecule has 232 valence electrons. The third-order valence-electron chi connectivity index (χ3n) is 5.75. The van der Waals surface area contributed by atoms with Crippen molar-refractivity contribution >= 4 is 23.8 Å². The van der Waals surface area contributed by atoms with Crippen LogP contribution in [0.25, 0.3) is 0 Å². The van der Waals surface area contributed by atoms with Crippen molar-refractivity contribution in [3.63, 3.8) is 0 Å². The average molecular weight is 583 g/mol. The maximum atomic E-state index is 12.0. The molecule has 0 aromatic carbocycles. The van der Waals surface area contributed by atoms with Crippen molar-refractivity contribution in [1.29, 1.82) is 0 Å². The van der Waals surface area contributed by atoms with Gasteiger partial charge in [-0.15, -0.1) is 0 Å². The molecule has 0 aliphatic carbocycles. The molecule has 2 amide bonds. The lowest BCUT2D eigenvalue weighted by atomic mass is 10.1. The molecular weight excluding hydrogens is 532 g/mol. The second-order valence-corrected chi connectivity index (χ2v) is 9.24. The topological polar surface area (TPSA) is 111 Å². The monoisotopic (exact) mass is 582 g/mol. The predicted octanol–water partition coefficient (Wildman–Crippen LogP) is 6.14. The van der Waals surface area contributed by atoms with Crippen LogP contribution in [0, 0.1) is 0 Å². The van der Waals surface area contributed by atoms with Gasteiger partial charge in [-0.1, -0.05) is 79.8 Å². The molecule has 0 saturated carbocycles. The number of unbranched alkanes of at least 4 members (excludes halogenated alkanes) is 1. The molecule has 8 nitrogen and oxygen atoms in total. The molecule has 0 rings (SSSR count). The van der Waals surface area contributed by atoms with Crippen molar-refractivity contribution in [3.8, 4) is 0 Å². The van der Waals surface area contributed by atoms with Crippen molar-refractivity contribution in [3.05, 3.63) is 85.1 Å². The summed E-state index contributed by atoms with van der Waals surface area (Å²) in [6.45, 7) is 2.62. The van der Waals surface area contributed by atoms with Crippen LogP contribution < -0.4 is 10.6 Å². The van der Waals surface area contributed by atoms with E-state index in [1.54, 1.807) is 0 Å². The number of rotatable bonds is 23. The van der Waals surface area contributed by atoms with Crippen LogP contribution in [0.2, 0.25) is 0 Å². The highest BCUT2D eigenvalue weighted by atomic mass is 16.5. The number of nitrogens with one attached hydrogen (secondary N) is 2. The van der Waals surface area contributed by atoms with Gasteiger partial charge in [0, 0.05) is 25.1 Å². The molecule has 0 aromatic rings. The second-order valence-electron chi connectivity index (χ2n) is 9.24. The van der Waals surface area contributed by atoms with Crippen LogP contribution in [0.5, 0.6) is 0 Å². The Morgan fingerprint density at radius 2 is 1.19 bits per heavy atom. The van der Waals surface area contributed by atoms with Gasteiger partial charge in [-0.3, -0.25) is 9.59 Å². The Labute approximate surface area is 252 Å². The molecular formula is C34H50N2O6. The van der Waals surface area contributed by atoms with E-state index in [0.717, 1.165) is 50.7 Å². The fraction of sp³-hybridized carbons (Fsp3) is 0.471. The van der Waals surface area contributed by atoms with E-state index < -0.39 is 23.9 Å². The van der Waals surface area contributed by atoms with Crippen LogP contribution in [0.3, 0.4) is 0 Å². The van der Waals surface area contributed by atoms with Gasteiger partial charge in [-0.05, 0) is 64.2 Å². The van der Waals surface area contributed by atoms with Crippen LogP contribution in [-0.2, 0) is 28.7 Å². The lowest BCUT2D eigenvalue weighted by molar-refractivity contribution is -0.144. The van der Waals surface area contributed by atoms with Gasteiger partial charge < -0.3 is 20.1 Å². The smallest absolute Gasteiger partial charge is 0.330 e. The molecule has 1 unspecified atom stereocenters. The van der Waals surface area contributed by atoms with Crippen LogP contribution in [0.4, 0.5) is 0 Å². The molecule has 0 aliphatic rings. The Morgan fingerprint density at radius 1 is 0.667 bits per heavy atom. The number of amides is 2. The summed E-state index contributed by atoms with van der Waals surface area (Å²) < 4.78 is 9.15. The van der Waals surface area contributed by atoms with E-state index in [1.807, 2.05) is 6.08 Å². The SMILES string of the molecule is CCC=CCC=CCC=CCC=CCC=CCC=CCCC(=O)NCCCCC(NC(=O)C=CC(=O)OC)C(=O)OC. The lowest BCUT2D eigenvalue weighted by Gasteiger charge is -2.15. The Balaban J connectivity index is 3.92. The zero-order valence-corrected chi connectivity index (χ0v) is 25.6. The molecule has 1 atom stereocenters. The predicted molar refractivity (Wildman–Crippen MR) is 169 cm³/mol. The zero-order valence-electron chi connectivity index (χ0n) is 25.6. The van der Waals surface area contributed by atoms with Gasteiger partial charge in [0.1, 0.15) is 6.04 Å². The molecule has 8 heteroatoms. The summed E-state index contributed by atoms with van der Waals surface area (Å²) in [6.07, 6.45) is 36.2. The summed E-state index contributed by atoms with van der Waals surface area (Å²) in [4.78, 5) is 46.9. The Hall–Kier alpha value is -3.94. The Bertz CT molecular complexity index is 973. The van der Waals surface area contributed by atoms with E-state index >= 15 is 0 Å². The molecule has 0 spiro atoms. The first-order valence-electron chi connectivity index (χ1n) is 14.8. The zero-order chi connectivity index (χ0) is 31.1. The second kappa shape index (κ2) is 28.6. The summed E-state index contributed by atoms with van der Waals surface area (Å²) >= 11 is 0. The summed E-state index contributed by atoms with van der Waals surface area (Å²) in [7, 11) is 2.44. The van der Waals surface area contributed by atoms with Gasteiger partial charge in [-0.25, -0.2) is 9.59 Å². The van der Waals surface area contributed by atoms with E-state index in [-0.39, 0.29) is 5.91 Å². The first-order valence-corrected chi connectivity index (χ1v) is 14.8. The third kappa shape index (κ3) is 25.1. The Kier molecular flexibility index (Phi) is 25.9. The minimum absolute atomic E-state index is 0.0275. The number of ether oxygens (including phenoxy) is 2. The summed E-state index contributed by atoms with van der Waals surface area (Å²) in [5.41, 5.74) is 0. The molecule has 0 saturated heterocycles.